The van der Waals surface area contributed by atoms with Crippen LogP contribution >= 0.6 is 0 Å². The summed E-state index contributed by atoms with van der Waals surface area (Å²) in [5.74, 6) is -1.37. The lowest BCUT2D eigenvalue weighted by Crippen LogP contribution is -2.15. The van der Waals surface area contributed by atoms with Crippen molar-refractivity contribution in [1.29, 1.82) is 0 Å². The second-order valence-corrected chi connectivity index (χ2v) is 3.61. The monoisotopic (exact) mass is 211 g/mol. The molecular formula is C11H14FNO2. The zero-order valence-electron chi connectivity index (χ0n) is 9.00. The van der Waals surface area contributed by atoms with Crippen molar-refractivity contribution in [2.24, 2.45) is 0 Å². The number of aryl methyl sites for hydroxylation is 1. The van der Waals surface area contributed by atoms with Crippen LogP contribution in [0.1, 0.15) is 29.8 Å². The van der Waals surface area contributed by atoms with Crippen LogP contribution in [-0.2, 0) is 4.74 Å². The molecule has 0 fully saturated rings. The molecule has 0 spiro atoms. The van der Waals surface area contributed by atoms with E-state index in [2.05, 4.69) is 0 Å². The number of rotatable bonds is 2. The predicted molar refractivity (Wildman–Crippen MR) is 56.1 cm³/mol. The third kappa shape index (κ3) is 2.46. The summed E-state index contributed by atoms with van der Waals surface area (Å²) < 4.78 is 18.2. The number of hydrogen-bond acceptors (Lipinski definition) is 3. The van der Waals surface area contributed by atoms with Gasteiger partial charge in [-0.3, -0.25) is 0 Å². The summed E-state index contributed by atoms with van der Waals surface area (Å²) >= 11 is 0. The Bertz CT molecular complexity index is 388. The summed E-state index contributed by atoms with van der Waals surface area (Å²) in [4.78, 5) is 11.5. The quantitative estimate of drug-likeness (QED) is 0.603. The number of ether oxygens (including phenoxy) is 1. The first-order valence-corrected chi connectivity index (χ1v) is 4.69. The van der Waals surface area contributed by atoms with Gasteiger partial charge in [0, 0.05) is 0 Å². The highest BCUT2D eigenvalue weighted by atomic mass is 19.1. The van der Waals surface area contributed by atoms with Crippen LogP contribution in [0.2, 0.25) is 0 Å². The molecule has 0 aromatic heterocycles. The van der Waals surface area contributed by atoms with E-state index in [0.29, 0.717) is 5.56 Å². The molecule has 15 heavy (non-hydrogen) atoms. The fourth-order valence-electron chi connectivity index (χ4n) is 1.18. The number of anilines is 1. The lowest BCUT2D eigenvalue weighted by atomic mass is 10.1. The molecule has 1 aromatic rings. The van der Waals surface area contributed by atoms with Crippen LogP contribution in [0.3, 0.4) is 0 Å². The number of benzene rings is 1. The molecular weight excluding hydrogens is 197 g/mol. The molecule has 0 amide bonds. The maximum atomic E-state index is 13.4. The summed E-state index contributed by atoms with van der Waals surface area (Å²) in [6, 6.07) is 2.74. The second-order valence-electron chi connectivity index (χ2n) is 3.61. The van der Waals surface area contributed by atoms with E-state index in [-0.39, 0.29) is 17.4 Å². The molecule has 2 N–H and O–H groups in total. The second kappa shape index (κ2) is 4.29. The van der Waals surface area contributed by atoms with E-state index in [0.717, 1.165) is 0 Å². The van der Waals surface area contributed by atoms with Crippen LogP contribution in [-0.4, -0.2) is 12.1 Å². The van der Waals surface area contributed by atoms with Crippen molar-refractivity contribution in [1.82, 2.24) is 0 Å². The minimum absolute atomic E-state index is 0.139. The number of carbonyl (C=O) groups is 1. The van der Waals surface area contributed by atoms with Crippen molar-refractivity contribution in [3.05, 3.63) is 29.1 Å². The fourth-order valence-corrected chi connectivity index (χ4v) is 1.18. The molecule has 0 saturated carbocycles. The molecule has 0 aliphatic heterocycles. The van der Waals surface area contributed by atoms with Crippen LogP contribution in [0.25, 0.3) is 0 Å². The van der Waals surface area contributed by atoms with Crippen molar-refractivity contribution in [2.75, 3.05) is 5.73 Å². The Morgan fingerprint density at radius 2 is 2.07 bits per heavy atom. The highest BCUT2D eigenvalue weighted by Crippen LogP contribution is 2.21. The van der Waals surface area contributed by atoms with Crippen molar-refractivity contribution < 1.29 is 13.9 Å². The van der Waals surface area contributed by atoms with Gasteiger partial charge in [0.05, 0.1) is 11.8 Å². The molecule has 0 aliphatic rings. The van der Waals surface area contributed by atoms with E-state index in [1.54, 1.807) is 20.8 Å². The van der Waals surface area contributed by atoms with E-state index >= 15 is 0 Å². The van der Waals surface area contributed by atoms with E-state index in [1.165, 1.54) is 12.1 Å². The van der Waals surface area contributed by atoms with Gasteiger partial charge in [0.2, 0.25) is 0 Å². The number of nitrogen functional groups attached to an aromatic ring is 1. The first-order valence-electron chi connectivity index (χ1n) is 4.69. The van der Waals surface area contributed by atoms with Gasteiger partial charge in [-0.05, 0) is 32.4 Å². The molecule has 0 bridgehead atoms. The summed E-state index contributed by atoms with van der Waals surface area (Å²) in [5.41, 5.74) is 6.24. The largest absolute Gasteiger partial charge is 0.459 e. The molecule has 0 unspecified atom stereocenters. The third-order valence-corrected chi connectivity index (χ3v) is 1.96. The van der Waals surface area contributed by atoms with Crippen LogP contribution in [0, 0.1) is 12.7 Å². The molecule has 1 rings (SSSR count). The molecule has 0 radical (unpaired) electrons. The maximum Gasteiger partial charge on any atom is 0.343 e. The molecule has 3 nitrogen and oxygen atoms in total. The number of halogens is 1. The first kappa shape index (κ1) is 11.5. The molecule has 0 atom stereocenters. The van der Waals surface area contributed by atoms with Gasteiger partial charge in [0.15, 0.2) is 0 Å². The zero-order chi connectivity index (χ0) is 11.6. The molecule has 82 valence electrons. The van der Waals surface area contributed by atoms with Gasteiger partial charge >= 0.3 is 5.97 Å². The van der Waals surface area contributed by atoms with Crippen LogP contribution in [0.15, 0.2) is 12.1 Å². The fraction of sp³-hybridized carbons (Fsp3) is 0.364. The Labute approximate surface area is 88.0 Å². The zero-order valence-corrected chi connectivity index (χ0v) is 9.00. The van der Waals surface area contributed by atoms with Crippen LogP contribution < -0.4 is 5.73 Å². The molecule has 1 aromatic carbocycles. The number of carbonyl (C=O) groups excluding carboxylic acids is 1. The van der Waals surface area contributed by atoms with Gasteiger partial charge in [-0.15, -0.1) is 0 Å². The van der Waals surface area contributed by atoms with Gasteiger partial charge in [-0.2, -0.15) is 0 Å². The summed E-state index contributed by atoms with van der Waals surface area (Å²) in [5, 5.41) is 0. The maximum absolute atomic E-state index is 13.4. The van der Waals surface area contributed by atoms with E-state index in [9.17, 15) is 9.18 Å². The Morgan fingerprint density at radius 1 is 1.47 bits per heavy atom. The third-order valence-electron chi connectivity index (χ3n) is 1.96. The average Bonchev–Trinajstić information content (AvgIpc) is 2.11. The van der Waals surface area contributed by atoms with E-state index in [1.807, 2.05) is 0 Å². The minimum atomic E-state index is -0.719. The Morgan fingerprint density at radius 3 is 2.60 bits per heavy atom. The van der Waals surface area contributed by atoms with Crippen molar-refractivity contribution in [2.45, 2.75) is 26.9 Å². The van der Waals surface area contributed by atoms with Crippen molar-refractivity contribution in [3.63, 3.8) is 0 Å². The molecule has 0 aliphatic carbocycles. The van der Waals surface area contributed by atoms with Gasteiger partial charge in [-0.1, -0.05) is 6.07 Å². The Kier molecular flexibility index (Phi) is 3.29. The molecule has 0 saturated heterocycles. The van der Waals surface area contributed by atoms with E-state index < -0.39 is 11.8 Å². The smallest absolute Gasteiger partial charge is 0.343 e. The standard InChI is InChI=1S/C11H14FNO2/c1-6(2)15-11(14)9-8(12)5-4-7(3)10(9)13/h4-6H,13H2,1-3H3. The highest BCUT2D eigenvalue weighted by Gasteiger charge is 2.19. The van der Waals surface area contributed by atoms with Gasteiger partial charge in [0.25, 0.3) is 0 Å². The van der Waals surface area contributed by atoms with Crippen LogP contribution in [0.4, 0.5) is 10.1 Å². The average molecular weight is 211 g/mol. The van der Waals surface area contributed by atoms with Crippen molar-refractivity contribution in [3.8, 4) is 0 Å². The number of nitrogens with two attached hydrogens (primary N) is 1. The Hall–Kier alpha value is -1.58. The summed E-state index contributed by atoms with van der Waals surface area (Å²) in [7, 11) is 0. The normalized spacial score (nSPS) is 10.5. The predicted octanol–water partition coefficient (Wildman–Crippen LogP) is 2.28. The van der Waals surface area contributed by atoms with E-state index in [4.69, 9.17) is 10.5 Å². The molecule has 0 heterocycles. The van der Waals surface area contributed by atoms with Gasteiger partial charge < -0.3 is 10.5 Å². The summed E-state index contributed by atoms with van der Waals surface area (Å²) in [6.45, 7) is 5.10. The first-order chi connectivity index (χ1) is 6.93. The van der Waals surface area contributed by atoms with Crippen LogP contribution in [0.5, 0.6) is 0 Å². The van der Waals surface area contributed by atoms with Crippen molar-refractivity contribution >= 4 is 11.7 Å². The number of hydrogen-bond donors (Lipinski definition) is 1. The highest BCUT2D eigenvalue weighted by molar-refractivity contribution is 5.96. The summed E-state index contributed by atoms with van der Waals surface area (Å²) in [6.07, 6.45) is -0.295. The molecule has 4 heteroatoms. The number of esters is 1. The lowest BCUT2D eigenvalue weighted by Gasteiger charge is -2.11. The lowest BCUT2D eigenvalue weighted by molar-refractivity contribution is 0.0374. The SMILES string of the molecule is Cc1ccc(F)c(C(=O)OC(C)C)c1N. The van der Waals surface area contributed by atoms with Gasteiger partial charge in [0.1, 0.15) is 11.4 Å². The minimum Gasteiger partial charge on any atom is -0.459 e. The Balaban J connectivity index is 3.13. The van der Waals surface area contributed by atoms with Gasteiger partial charge in [-0.25, -0.2) is 9.18 Å². The topological polar surface area (TPSA) is 52.3 Å².